The molecule has 1 rings (SSSR count). The smallest absolute Gasteiger partial charge is 0.104 e. The van der Waals surface area contributed by atoms with E-state index < -0.39 is 0 Å². The van der Waals surface area contributed by atoms with Gasteiger partial charge in [-0.15, -0.1) is 0 Å². The number of hydrogen-bond acceptors (Lipinski definition) is 0. The maximum atomic E-state index is 3.93. The predicted octanol–water partition coefficient (Wildman–Crippen LogP) is 8.00. The topological polar surface area (TPSA) is 0 Å². The van der Waals surface area contributed by atoms with Crippen molar-refractivity contribution < 1.29 is 4.48 Å². The van der Waals surface area contributed by atoms with Crippen molar-refractivity contribution in [2.24, 2.45) is 0 Å². The van der Waals surface area contributed by atoms with Gasteiger partial charge in [-0.2, -0.15) is 0 Å². The molecule has 0 bridgehead atoms. The van der Waals surface area contributed by atoms with Gasteiger partial charge in [0.25, 0.3) is 0 Å². The van der Waals surface area contributed by atoms with E-state index in [4.69, 9.17) is 0 Å². The lowest BCUT2D eigenvalue weighted by molar-refractivity contribution is -0.923. The lowest BCUT2D eigenvalue weighted by Crippen LogP contribution is -2.44. The maximum Gasteiger partial charge on any atom is 0.104 e. The van der Waals surface area contributed by atoms with Gasteiger partial charge in [0.2, 0.25) is 0 Å². The monoisotopic (exact) mass is 372 g/mol. The first kappa shape index (κ1) is 24.0. The van der Waals surface area contributed by atoms with E-state index in [-0.39, 0.29) is 0 Å². The van der Waals surface area contributed by atoms with Crippen molar-refractivity contribution in [3.8, 4) is 0 Å². The zero-order valence-electron chi connectivity index (χ0n) is 18.6. The molecule has 1 aromatic rings. The minimum absolute atomic E-state index is 1.16. The first-order valence-corrected chi connectivity index (χ1v) is 11.7. The Bertz CT molecular complexity index is 475. The highest BCUT2D eigenvalue weighted by molar-refractivity contribution is 5.47. The number of hydrogen-bond donors (Lipinski definition) is 0. The Kier molecular flexibility index (Phi) is 13.2. The molecule has 0 saturated heterocycles. The van der Waals surface area contributed by atoms with Gasteiger partial charge in [-0.25, -0.2) is 0 Å². The van der Waals surface area contributed by atoms with Crippen molar-refractivity contribution >= 4 is 6.08 Å². The number of nitrogens with zero attached hydrogens (tertiary/aromatic N) is 1. The van der Waals surface area contributed by atoms with E-state index in [0.717, 1.165) is 6.54 Å². The summed E-state index contributed by atoms with van der Waals surface area (Å²) in [6.45, 7) is 12.3. The molecule has 0 atom stereocenters. The lowest BCUT2D eigenvalue weighted by Gasteiger charge is -2.35. The van der Waals surface area contributed by atoms with Crippen LogP contribution in [-0.4, -0.2) is 24.6 Å². The molecule has 0 aromatic heterocycles. The van der Waals surface area contributed by atoms with Crippen LogP contribution in [0.4, 0.5) is 0 Å². The summed E-state index contributed by atoms with van der Waals surface area (Å²) in [4.78, 5) is 0. The molecule has 0 N–H and O–H groups in total. The van der Waals surface area contributed by atoms with E-state index in [1.54, 1.807) is 0 Å². The van der Waals surface area contributed by atoms with Crippen molar-refractivity contribution in [1.82, 2.24) is 0 Å². The van der Waals surface area contributed by atoms with Crippen LogP contribution in [-0.2, 0) is 6.54 Å². The summed E-state index contributed by atoms with van der Waals surface area (Å²) in [5.41, 5.74) is 2.71. The molecule has 154 valence electrons. The number of benzene rings is 1. The molecule has 0 heterocycles. The molecule has 0 unspecified atom stereocenters. The molecule has 0 aliphatic carbocycles. The Morgan fingerprint density at radius 2 is 1.30 bits per heavy atom. The second-order valence-corrected chi connectivity index (χ2v) is 8.71. The molecule has 0 amide bonds. The third-order valence-electron chi connectivity index (χ3n) is 5.85. The average Bonchev–Trinajstić information content (AvgIpc) is 2.67. The normalized spacial score (nSPS) is 11.7. The second kappa shape index (κ2) is 14.9. The number of rotatable bonds is 17. The van der Waals surface area contributed by atoms with Crippen molar-refractivity contribution in [1.29, 1.82) is 0 Å². The largest absolute Gasteiger partial charge is 0.322 e. The van der Waals surface area contributed by atoms with Gasteiger partial charge >= 0.3 is 0 Å². The van der Waals surface area contributed by atoms with E-state index >= 15 is 0 Å². The van der Waals surface area contributed by atoms with Crippen LogP contribution in [0.5, 0.6) is 0 Å². The van der Waals surface area contributed by atoms with Gasteiger partial charge in [-0.05, 0) is 37.3 Å². The SMILES string of the molecule is C=Cc1cccc(C[N+](C)(CCCCCCCC)CCCCCCCC)c1. The van der Waals surface area contributed by atoms with E-state index in [2.05, 4.69) is 51.7 Å². The van der Waals surface area contributed by atoms with Crippen molar-refractivity contribution in [2.45, 2.75) is 97.4 Å². The molecule has 27 heavy (non-hydrogen) atoms. The van der Waals surface area contributed by atoms with Crippen LogP contribution in [0.15, 0.2) is 30.8 Å². The molecule has 1 aromatic carbocycles. The summed E-state index contributed by atoms with van der Waals surface area (Å²) in [6, 6.07) is 8.96. The Labute approximate surface area is 170 Å². The lowest BCUT2D eigenvalue weighted by atomic mass is 10.1. The van der Waals surface area contributed by atoms with Gasteiger partial charge in [0.1, 0.15) is 6.54 Å². The van der Waals surface area contributed by atoms with Crippen LogP contribution >= 0.6 is 0 Å². The summed E-state index contributed by atoms with van der Waals surface area (Å²) in [6.07, 6.45) is 18.6. The number of quaternary nitrogens is 1. The third-order valence-corrected chi connectivity index (χ3v) is 5.85. The Hall–Kier alpha value is -1.08. The van der Waals surface area contributed by atoms with Gasteiger partial charge in [-0.3, -0.25) is 0 Å². The molecule has 0 aliphatic rings. The molecular weight excluding hydrogens is 326 g/mol. The van der Waals surface area contributed by atoms with Crippen LogP contribution in [0.2, 0.25) is 0 Å². The van der Waals surface area contributed by atoms with Gasteiger partial charge in [-0.1, -0.05) is 96.1 Å². The Morgan fingerprint density at radius 3 is 1.81 bits per heavy atom. The first-order chi connectivity index (χ1) is 13.1. The summed E-state index contributed by atoms with van der Waals surface area (Å²) in [5, 5.41) is 0. The fourth-order valence-corrected chi connectivity index (χ4v) is 4.08. The standard InChI is InChI=1S/C26H46N/c1-5-8-10-12-14-16-21-27(4,22-17-15-13-11-9-6-2)24-26-20-18-19-25(7-3)23-26/h7,18-20,23H,3,5-6,8-17,21-22,24H2,1-2,4H3/q+1. The van der Waals surface area contributed by atoms with Crippen molar-refractivity contribution in [2.75, 3.05) is 20.1 Å². The molecule has 0 spiro atoms. The average molecular weight is 373 g/mol. The molecular formula is C26H46N+. The van der Waals surface area contributed by atoms with E-state index in [1.807, 2.05) is 6.08 Å². The second-order valence-electron chi connectivity index (χ2n) is 8.71. The minimum atomic E-state index is 1.16. The fourth-order valence-electron chi connectivity index (χ4n) is 4.08. The summed E-state index contributed by atoms with van der Waals surface area (Å²) < 4.78 is 1.20. The highest BCUT2D eigenvalue weighted by Crippen LogP contribution is 2.19. The Balaban J connectivity index is 2.53. The molecule has 0 fully saturated rings. The van der Waals surface area contributed by atoms with Gasteiger partial charge in [0, 0.05) is 5.56 Å². The highest BCUT2D eigenvalue weighted by Gasteiger charge is 2.21. The van der Waals surface area contributed by atoms with Crippen molar-refractivity contribution in [3.05, 3.63) is 42.0 Å². The molecule has 1 heteroatoms. The predicted molar refractivity (Wildman–Crippen MR) is 123 cm³/mol. The van der Waals surface area contributed by atoms with Gasteiger partial charge < -0.3 is 4.48 Å². The van der Waals surface area contributed by atoms with Crippen LogP contribution in [0, 0.1) is 0 Å². The van der Waals surface area contributed by atoms with E-state index in [1.165, 1.54) is 106 Å². The van der Waals surface area contributed by atoms with Gasteiger partial charge in [0.05, 0.1) is 20.1 Å². The zero-order chi connectivity index (χ0) is 19.8. The molecule has 0 aliphatic heterocycles. The number of unbranched alkanes of at least 4 members (excludes halogenated alkanes) is 10. The third kappa shape index (κ3) is 11.4. The first-order valence-electron chi connectivity index (χ1n) is 11.7. The van der Waals surface area contributed by atoms with E-state index in [0.29, 0.717) is 0 Å². The van der Waals surface area contributed by atoms with Crippen LogP contribution in [0.1, 0.15) is 102 Å². The molecule has 0 radical (unpaired) electrons. The van der Waals surface area contributed by atoms with Crippen LogP contribution < -0.4 is 0 Å². The molecule has 0 saturated carbocycles. The quantitative estimate of drug-likeness (QED) is 0.192. The molecule has 1 nitrogen and oxygen atoms in total. The van der Waals surface area contributed by atoms with Crippen LogP contribution in [0.25, 0.3) is 6.08 Å². The maximum absolute atomic E-state index is 3.93. The zero-order valence-corrected chi connectivity index (χ0v) is 18.6. The van der Waals surface area contributed by atoms with Crippen molar-refractivity contribution in [3.63, 3.8) is 0 Å². The Morgan fingerprint density at radius 1 is 0.778 bits per heavy atom. The van der Waals surface area contributed by atoms with Gasteiger partial charge in [0.15, 0.2) is 0 Å². The highest BCUT2D eigenvalue weighted by atomic mass is 15.3. The summed E-state index contributed by atoms with van der Waals surface area (Å²) in [7, 11) is 2.48. The summed E-state index contributed by atoms with van der Waals surface area (Å²) in [5.74, 6) is 0. The fraction of sp³-hybridized carbons (Fsp3) is 0.692. The summed E-state index contributed by atoms with van der Waals surface area (Å²) >= 11 is 0. The minimum Gasteiger partial charge on any atom is -0.322 e. The van der Waals surface area contributed by atoms with E-state index in [9.17, 15) is 0 Å². The van der Waals surface area contributed by atoms with Crippen LogP contribution in [0.3, 0.4) is 0 Å².